The van der Waals surface area contributed by atoms with Gasteiger partial charge in [0.05, 0.1) is 19.1 Å². The Morgan fingerprint density at radius 3 is 1.88 bits per heavy atom. The first kappa shape index (κ1) is 30.5. The summed E-state index contributed by atoms with van der Waals surface area (Å²) < 4.78 is 0. The maximum atomic E-state index is 12.8. The van der Waals surface area contributed by atoms with Crippen LogP contribution in [0.25, 0.3) is 0 Å². The fourth-order valence-corrected chi connectivity index (χ4v) is 2.77. The van der Waals surface area contributed by atoms with Crippen molar-refractivity contribution < 1.29 is 34.2 Å². The first-order chi connectivity index (χ1) is 15.8. The Bertz CT molecular complexity index is 755. The van der Waals surface area contributed by atoms with E-state index in [0.29, 0.717) is 6.42 Å². The Balaban J connectivity index is 5.33. The summed E-state index contributed by atoms with van der Waals surface area (Å²) in [6.07, 6.45) is 0.106. The van der Waals surface area contributed by atoms with Crippen LogP contribution in [-0.4, -0.2) is 83.1 Å². The van der Waals surface area contributed by atoms with Gasteiger partial charge < -0.3 is 49.1 Å². The number of carbonyl (C=O) groups excluding carboxylic acids is 4. The van der Waals surface area contributed by atoms with Crippen LogP contribution < -0.4 is 38.9 Å². The van der Waals surface area contributed by atoms with Crippen molar-refractivity contribution in [2.24, 2.45) is 33.8 Å². The van der Waals surface area contributed by atoms with Crippen molar-refractivity contribution in [3.8, 4) is 0 Å². The van der Waals surface area contributed by atoms with Gasteiger partial charge >= 0.3 is 5.97 Å². The molecule has 0 aliphatic rings. The summed E-state index contributed by atoms with van der Waals surface area (Å²) in [6, 6.07) is -5.24. The number of amides is 4. The zero-order valence-electron chi connectivity index (χ0n) is 19.3. The van der Waals surface area contributed by atoms with Crippen LogP contribution in [0, 0.1) is 5.92 Å². The molecule has 0 aromatic rings. The van der Waals surface area contributed by atoms with E-state index in [1.807, 2.05) is 0 Å². The molecule has 0 spiro atoms. The fraction of sp³-hybridized carbons (Fsp3) is 0.684. The Morgan fingerprint density at radius 1 is 0.882 bits per heavy atom. The zero-order valence-corrected chi connectivity index (χ0v) is 19.3. The van der Waals surface area contributed by atoms with Crippen molar-refractivity contribution in [2.45, 2.75) is 63.7 Å². The largest absolute Gasteiger partial charge is 0.480 e. The molecule has 15 heteroatoms. The number of aliphatic hydroxyl groups excluding tert-OH is 1. The molecule has 194 valence electrons. The number of guanidine groups is 1. The maximum absolute atomic E-state index is 12.8. The molecule has 4 amide bonds. The minimum atomic E-state index is -1.57. The van der Waals surface area contributed by atoms with Gasteiger partial charge in [-0.2, -0.15) is 0 Å². The molecule has 0 heterocycles. The standard InChI is InChI=1S/C19H36N8O7/c1-9(2)6-11(16(31)27-13(8-28)18(33)34)26-17(32)12(7-14(21)29)25-15(30)10(20)4-3-5-24-19(22)23/h9-13,28H,3-8,20H2,1-2H3,(H2,21,29)(H,25,30)(H,26,32)(H,27,31)(H,33,34)(H4,22,23,24). The minimum Gasteiger partial charge on any atom is -0.480 e. The molecule has 0 aromatic carbocycles. The number of aliphatic carboxylic acids is 1. The van der Waals surface area contributed by atoms with Gasteiger partial charge in [0.25, 0.3) is 0 Å². The number of nitrogens with two attached hydrogens (primary N) is 4. The van der Waals surface area contributed by atoms with Crippen LogP contribution in [0.1, 0.15) is 39.5 Å². The Hall–Kier alpha value is -3.46. The first-order valence-electron chi connectivity index (χ1n) is 10.6. The summed E-state index contributed by atoms with van der Waals surface area (Å²) in [5.41, 5.74) is 21.4. The van der Waals surface area contributed by atoms with Gasteiger partial charge in [0.2, 0.25) is 23.6 Å². The average molecular weight is 489 g/mol. The minimum absolute atomic E-state index is 0.101. The van der Waals surface area contributed by atoms with E-state index in [0.717, 1.165) is 0 Å². The first-order valence-corrected chi connectivity index (χ1v) is 10.6. The maximum Gasteiger partial charge on any atom is 0.328 e. The van der Waals surface area contributed by atoms with E-state index >= 15 is 0 Å². The summed E-state index contributed by atoms with van der Waals surface area (Å²) in [6.45, 7) is 2.91. The lowest BCUT2D eigenvalue weighted by molar-refractivity contribution is -0.143. The van der Waals surface area contributed by atoms with E-state index in [2.05, 4.69) is 20.9 Å². The summed E-state index contributed by atoms with van der Waals surface area (Å²) in [5.74, 6) is -5.04. The van der Waals surface area contributed by atoms with Gasteiger partial charge in [-0.25, -0.2) is 4.79 Å². The number of aliphatic hydroxyl groups is 1. The highest BCUT2D eigenvalue weighted by Crippen LogP contribution is 2.07. The average Bonchev–Trinajstić information content (AvgIpc) is 2.72. The van der Waals surface area contributed by atoms with E-state index in [1.54, 1.807) is 13.8 Å². The number of primary amides is 1. The van der Waals surface area contributed by atoms with Gasteiger partial charge in [0, 0.05) is 6.54 Å². The van der Waals surface area contributed by atoms with Crippen LogP contribution >= 0.6 is 0 Å². The SMILES string of the molecule is CC(C)CC(NC(=O)C(CC(N)=O)NC(=O)C(N)CCCN=C(N)N)C(=O)NC(CO)C(=O)O. The van der Waals surface area contributed by atoms with Crippen molar-refractivity contribution >= 4 is 35.6 Å². The molecule has 0 radical (unpaired) electrons. The van der Waals surface area contributed by atoms with Crippen LogP contribution in [0.4, 0.5) is 0 Å². The highest BCUT2D eigenvalue weighted by molar-refractivity contribution is 5.96. The van der Waals surface area contributed by atoms with E-state index in [9.17, 15) is 24.0 Å². The number of nitrogens with zero attached hydrogens (tertiary/aromatic N) is 1. The molecule has 13 N–H and O–H groups in total. The van der Waals surface area contributed by atoms with Crippen molar-refractivity contribution in [3.05, 3.63) is 0 Å². The van der Waals surface area contributed by atoms with Crippen LogP contribution in [0.5, 0.6) is 0 Å². The van der Waals surface area contributed by atoms with Gasteiger partial charge in [-0.15, -0.1) is 0 Å². The Labute approximate surface area is 197 Å². The molecule has 0 aliphatic heterocycles. The number of carboxylic acid groups (broad SMARTS) is 1. The van der Waals surface area contributed by atoms with E-state index in [1.165, 1.54) is 0 Å². The lowest BCUT2D eigenvalue weighted by Crippen LogP contribution is -2.58. The molecule has 0 fully saturated rings. The lowest BCUT2D eigenvalue weighted by Gasteiger charge is -2.25. The number of carbonyl (C=O) groups is 5. The Morgan fingerprint density at radius 2 is 1.41 bits per heavy atom. The van der Waals surface area contributed by atoms with Crippen molar-refractivity contribution in [1.82, 2.24) is 16.0 Å². The van der Waals surface area contributed by atoms with Gasteiger partial charge in [-0.3, -0.25) is 24.2 Å². The van der Waals surface area contributed by atoms with E-state index in [-0.39, 0.29) is 31.3 Å². The molecule has 15 nitrogen and oxygen atoms in total. The molecule has 0 saturated carbocycles. The van der Waals surface area contributed by atoms with Gasteiger partial charge in [0.1, 0.15) is 18.1 Å². The van der Waals surface area contributed by atoms with Crippen LogP contribution in [-0.2, 0) is 24.0 Å². The van der Waals surface area contributed by atoms with Crippen molar-refractivity contribution in [3.63, 3.8) is 0 Å². The highest BCUT2D eigenvalue weighted by Gasteiger charge is 2.31. The normalized spacial score (nSPS) is 14.3. The predicted octanol–water partition coefficient (Wildman–Crippen LogP) is -4.18. The number of nitrogens with one attached hydrogen (secondary N) is 3. The molecule has 0 aromatic heterocycles. The second-order valence-corrected chi connectivity index (χ2v) is 8.06. The molecular formula is C19H36N8O7. The third-order valence-corrected chi connectivity index (χ3v) is 4.48. The molecule has 0 saturated heterocycles. The van der Waals surface area contributed by atoms with Crippen molar-refractivity contribution in [1.29, 1.82) is 0 Å². The second-order valence-electron chi connectivity index (χ2n) is 8.06. The summed E-state index contributed by atoms with van der Waals surface area (Å²) in [7, 11) is 0. The van der Waals surface area contributed by atoms with Crippen molar-refractivity contribution in [2.75, 3.05) is 13.2 Å². The molecular weight excluding hydrogens is 452 g/mol. The smallest absolute Gasteiger partial charge is 0.328 e. The van der Waals surface area contributed by atoms with Crippen LogP contribution in [0.3, 0.4) is 0 Å². The van der Waals surface area contributed by atoms with Gasteiger partial charge in [-0.1, -0.05) is 13.8 Å². The monoisotopic (exact) mass is 488 g/mol. The number of carboxylic acids is 1. The second kappa shape index (κ2) is 15.4. The number of hydrogen-bond acceptors (Lipinski definition) is 8. The third-order valence-electron chi connectivity index (χ3n) is 4.48. The third kappa shape index (κ3) is 12.5. The molecule has 34 heavy (non-hydrogen) atoms. The molecule has 0 aliphatic carbocycles. The number of aliphatic imine (C=N–C) groups is 1. The highest BCUT2D eigenvalue weighted by atomic mass is 16.4. The van der Waals surface area contributed by atoms with E-state index < -0.39 is 66.8 Å². The van der Waals surface area contributed by atoms with Gasteiger partial charge in [0.15, 0.2) is 5.96 Å². The topological polar surface area (TPSA) is 278 Å². The summed E-state index contributed by atoms with van der Waals surface area (Å²) >= 11 is 0. The zero-order chi connectivity index (χ0) is 26.4. The lowest BCUT2D eigenvalue weighted by atomic mass is 10.0. The number of hydrogen-bond donors (Lipinski definition) is 9. The molecule has 4 unspecified atom stereocenters. The summed E-state index contributed by atoms with van der Waals surface area (Å²) in [5, 5.41) is 25.0. The van der Waals surface area contributed by atoms with Gasteiger partial charge in [-0.05, 0) is 25.2 Å². The molecule has 4 atom stereocenters. The summed E-state index contributed by atoms with van der Waals surface area (Å²) in [4.78, 5) is 64.0. The molecule has 0 bridgehead atoms. The molecule has 0 rings (SSSR count). The van der Waals surface area contributed by atoms with Crippen LogP contribution in [0.15, 0.2) is 4.99 Å². The van der Waals surface area contributed by atoms with E-state index in [4.69, 9.17) is 33.1 Å². The Kier molecular flexibility index (Phi) is 13.8. The number of rotatable bonds is 16. The van der Waals surface area contributed by atoms with Crippen LogP contribution in [0.2, 0.25) is 0 Å². The quantitative estimate of drug-likeness (QED) is 0.0573. The fourth-order valence-electron chi connectivity index (χ4n) is 2.77. The predicted molar refractivity (Wildman–Crippen MR) is 122 cm³/mol.